The Kier molecular flexibility index (Phi) is 3.61. The molecule has 0 amide bonds. The third-order valence-electron chi connectivity index (χ3n) is 2.86. The van der Waals surface area contributed by atoms with Crippen molar-refractivity contribution in [3.8, 4) is 20.9 Å². The van der Waals surface area contributed by atoms with Crippen molar-refractivity contribution < 1.29 is 0 Å². The Labute approximate surface area is 126 Å². The minimum Gasteiger partial charge on any atom is -0.135 e. The van der Waals surface area contributed by atoms with Gasteiger partial charge < -0.3 is 0 Å². The lowest BCUT2D eigenvalue weighted by Gasteiger charge is -1.98. The molecule has 3 heteroatoms. The number of thiophene rings is 1. The highest BCUT2D eigenvalue weighted by molar-refractivity contribution is 7.18. The molecule has 0 spiro atoms. The molecular weight excluding hydrogens is 295 g/mol. The second-order valence-electron chi connectivity index (χ2n) is 4.18. The Morgan fingerprint density at radius 2 is 0.895 bits per heavy atom. The van der Waals surface area contributed by atoms with Gasteiger partial charge in [0, 0.05) is 19.8 Å². The maximum atomic E-state index is 5.91. The van der Waals surface area contributed by atoms with Gasteiger partial charge in [-0.25, -0.2) is 0 Å². The molecule has 19 heavy (non-hydrogen) atoms. The van der Waals surface area contributed by atoms with E-state index >= 15 is 0 Å². The molecule has 3 aromatic rings. The lowest BCUT2D eigenvalue weighted by atomic mass is 10.1. The first-order chi connectivity index (χ1) is 9.22. The Hall–Kier alpha value is -1.28. The topological polar surface area (TPSA) is 0 Å². The molecule has 0 radical (unpaired) electrons. The summed E-state index contributed by atoms with van der Waals surface area (Å²) in [5, 5.41) is 1.52. The van der Waals surface area contributed by atoms with E-state index in [1.54, 1.807) is 11.3 Å². The molecule has 3 rings (SSSR count). The number of benzene rings is 2. The Morgan fingerprint density at radius 3 is 1.26 bits per heavy atom. The van der Waals surface area contributed by atoms with E-state index in [0.717, 1.165) is 10.0 Å². The van der Waals surface area contributed by atoms with Gasteiger partial charge in [-0.05, 0) is 47.5 Å². The summed E-state index contributed by atoms with van der Waals surface area (Å²) in [6.45, 7) is 0. The van der Waals surface area contributed by atoms with Crippen LogP contribution in [0.2, 0.25) is 10.0 Å². The molecule has 0 aliphatic heterocycles. The van der Waals surface area contributed by atoms with Gasteiger partial charge in [0.2, 0.25) is 0 Å². The average molecular weight is 305 g/mol. The zero-order valence-electron chi connectivity index (χ0n) is 9.94. The fraction of sp³-hybridized carbons (Fsp3) is 0. The highest BCUT2D eigenvalue weighted by Gasteiger charge is 2.05. The van der Waals surface area contributed by atoms with Crippen molar-refractivity contribution in [1.29, 1.82) is 0 Å². The van der Waals surface area contributed by atoms with Crippen LogP contribution in [0, 0.1) is 0 Å². The maximum Gasteiger partial charge on any atom is 0.0406 e. The van der Waals surface area contributed by atoms with Crippen molar-refractivity contribution in [2.24, 2.45) is 0 Å². The molecule has 94 valence electrons. The Morgan fingerprint density at radius 1 is 0.526 bits per heavy atom. The molecule has 0 bridgehead atoms. The van der Waals surface area contributed by atoms with Gasteiger partial charge in [-0.15, -0.1) is 11.3 Å². The molecule has 0 saturated heterocycles. The van der Waals surface area contributed by atoms with Gasteiger partial charge in [-0.2, -0.15) is 0 Å². The minimum atomic E-state index is 0.762. The van der Waals surface area contributed by atoms with Gasteiger partial charge in [0.05, 0.1) is 0 Å². The maximum absolute atomic E-state index is 5.91. The van der Waals surface area contributed by atoms with Crippen LogP contribution in [0.1, 0.15) is 0 Å². The fourth-order valence-corrected chi connectivity index (χ4v) is 3.15. The van der Waals surface area contributed by atoms with Crippen molar-refractivity contribution in [3.05, 3.63) is 70.7 Å². The summed E-state index contributed by atoms with van der Waals surface area (Å²) in [7, 11) is 0. The van der Waals surface area contributed by atoms with Gasteiger partial charge in [-0.3, -0.25) is 0 Å². The predicted molar refractivity (Wildman–Crippen MR) is 85.2 cm³/mol. The van der Waals surface area contributed by atoms with E-state index in [1.807, 2.05) is 48.5 Å². The van der Waals surface area contributed by atoms with Gasteiger partial charge in [0.1, 0.15) is 0 Å². The van der Waals surface area contributed by atoms with E-state index < -0.39 is 0 Å². The highest BCUT2D eigenvalue weighted by Crippen LogP contribution is 2.35. The molecular formula is C16H10Cl2S. The standard InChI is InChI=1S/C16H10Cl2S/c17-13-5-1-11(2-6-13)15-9-10-16(19-15)12-3-7-14(18)8-4-12/h1-10H. The van der Waals surface area contributed by atoms with Crippen LogP contribution < -0.4 is 0 Å². The molecule has 1 aromatic heterocycles. The van der Waals surface area contributed by atoms with Crippen molar-refractivity contribution in [1.82, 2.24) is 0 Å². The molecule has 0 N–H and O–H groups in total. The quantitative estimate of drug-likeness (QED) is 0.514. The smallest absolute Gasteiger partial charge is 0.0406 e. The predicted octanol–water partition coefficient (Wildman–Crippen LogP) is 6.39. The first-order valence-electron chi connectivity index (χ1n) is 5.84. The van der Waals surface area contributed by atoms with E-state index in [2.05, 4.69) is 12.1 Å². The summed E-state index contributed by atoms with van der Waals surface area (Å²) in [4.78, 5) is 2.48. The Bertz CT molecular complexity index is 622. The van der Waals surface area contributed by atoms with Gasteiger partial charge in [0.25, 0.3) is 0 Å². The largest absolute Gasteiger partial charge is 0.135 e. The number of rotatable bonds is 2. The summed E-state index contributed by atoms with van der Waals surface area (Å²) in [5.41, 5.74) is 2.38. The van der Waals surface area contributed by atoms with Crippen molar-refractivity contribution in [3.63, 3.8) is 0 Å². The van der Waals surface area contributed by atoms with Gasteiger partial charge >= 0.3 is 0 Å². The Balaban J connectivity index is 1.95. The van der Waals surface area contributed by atoms with Crippen LogP contribution >= 0.6 is 34.5 Å². The molecule has 0 aliphatic carbocycles. The van der Waals surface area contributed by atoms with E-state index in [1.165, 1.54) is 20.9 Å². The molecule has 0 fully saturated rings. The molecule has 2 aromatic carbocycles. The lowest BCUT2D eigenvalue weighted by Crippen LogP contribution is -1.71. The summed E-state index contributed by atoms with van der Waals surface area (Å²) in [6.07, 6.45) is 0. The molecule has 0 unspecified atom stereocenters. The second-order valence-corrected chi connectivity index (χ2v) is 6.13. The van der Waals surface area contributed by atoms with Crippen LogP contribution in [0.15, 0.2) is 60.7 Å². The summed E-state index contributed by atoms with van der Waals surface area (Å²) in [6, 6.07) is 20.1. The van der Waals surface area contributed by atoms with E-state index in [0.29, 0.717) is 0 Å². The van der Waals surface area contributed by atoms with Crippen molar-refractivity contribution >= 4 is 34.5 Å². The first kappa shape index (κ1) is 12.7. The van der Waals surface area contributed by atoms with Crippen LogP contribution in [0.4, 0.5) is 0 Å². The van der Waals surface area contributed by atoms with Gasteiger partial charge in [-0.1, -0.05) is 47.5 Å². The van der Waals surface area contributed by atoms with Crippen LogP contribution in [0.3, 0.4) is 0 Å². The normalized spacial score (nSPS) is 10.6. The monoisotopic (exact) mass is 304 g/mol. The molecule has 1 heterocycles. The first-order valence-corrected chi connectivity index (χ1v) is 7.41. The van der Waals surface area contributed by atoms with E-state index in [9.17, 15) is 0 Å². The fourth-order valence-electron chi connectivity index (χ4n) is 1.88. The van der Waals surface area contributed by atoms with Crippen molar-refractivity contribution in [2.45, 2.75) is 0 Å². The number of halogens is 2. The number of hydrogen-bond acceptors (Lipinski definition) is 1. The van der Waals surface area contributed by atoms with Crippen LogP contribution in [-0.4, -0.2) is 0 Å². The van der Waals surface area contributed by atoms with Gasteiger partial charge in [0.15, 0.2) is 0 Å². The van der Waals surface area contributed by atoms with E-state index in [-0.39, 0.29) is 0 Å². The van der Waals surface area contributed by atoms with Crippen LogP contribution in [0.5, 0.6) is 0 Å². The molecule has 0 atom stereocenters. The summed E-state index contributed by atoms with van der Waals surface area (Å²) < 4.78 is 0. The summed E-state index contributed by atoms with van der Waals surface area (Å²) >= 11 is 13.6. The van der Waals surface area contributed by atoms with Crippen LogP contribution in [0.25, 0.3) is 20.9 Å². The molecule has 0 aliphatic rings. The zero-order chi connectivity index (χ0) is 13.2. The third-order valence-corrected chi connectivity index (χ3v) is 4.55. The minimum absolute atomic E-state index is 0.762. The average Bonchev–Trinajstić information content (AvgIpc) is 2.90. The highest BCUT2D eigenvalue weighted by atomic mass is 35.5. The van der Waals surface area contributed by atoms with E-state index in [4.69, 9.17) is 23.2 Å². The SMILES string of the molecule is Clc1ccc(-c2ccc(-c3ccc(Cl)cc3)s2)cc1. The second kappa shape index (κ2) is 5.38. The zero-order valence-corrected chi connectivity index (χ0v) is 12.3. The summed E-state index contributed by atoms with van der Waals surface area (Å²) in [5.74, 6) is 0. The molecule has 0 nitrogen and oxygen atoms in total. The number of hydrogen-bond donors (Lipinski definition) is 0. The van der Waals surface area contributed by atoms with Crippen LogP contribution in [-0.2, 0) is 0 Å². The third kappa shape index (κ3) is 2.84. The van der Waals surface area contributed by atoms with Crippen molar-refractivity contribution in [2.75, 3.05) is 0 Å². The lowest BCUT2D eigenvalue weighted by molar-refractivity contribution is 1.69. The molecule has 0 saturated carbocycles.